The van der Waals surface area contributed by atoms with Gasteiger partial charge in [-0.15, -0.1) is 0 Å². The number of ketones is 1. The minimum Gasteiger partial charge on any atom is -0.385 e. The van der Waals surface area contributed by atoms with Crippen LogP contribution in [0, 0.1) is 5.92 Å². The molecule has 1 saturated heterocycles. The highest BCUT2D eigenvalue weighted by molar-refractivity contribution is 5.96. The van der Waals surface area contributed by atoms with E-state index in [1.165, 1.54) is 24.1 Å². The number of nitrogens with zero attached hydrogens (tertiary/aromatic N) is 1. The number of piperidine rings is 1. The molecule has 2 heterocycles. The molecule has 0 bridgehead atoms. The number of hydrogen-bond acceptors (Lipinski definition) is 3. The molecule has 1 aromatic rings. The van der Waals surface area contributed by atoms with Crippen LogP contribution >= 0.6 is 0 Å². The van der Waals surface area contributed by atoms with E-state index in [9.17, 15) is 4.79 Å². The van der Waals surface area contributed by atoms with E-state index in [1.807, 2.05) is 6.07 Å². The van der Waals surface area contributed by atoms with Crippen molar-refractivity contribution in [3.63, 3.8) is 0 Å². The first-order valence-electron chi connectivity index (χ1n) is 8.35. The summed E-state index contributed by atoms with van der Waals surface area (Å²) >= 11 is 0. The van der Waals surface area contributed by atoms with Gasteiger partial charge in [0.15, 0.2) is 5.78 Å². The zero-order chi connectivity index (χ0) is 14.7. The number of fused-ring (bicyclic) bond motifs is 1. The molecule has 3 rings (SSSR count). The van der Waals surface area contributed by atoms with Crippen LogP contribution in [0.5, 0.6) is 0 Å². The number of benzene rings is 1. The van der Waals surface area contributed by atoms with Crippen molar-refractivity contribution in [1.82, 2.24) is 4.90 Å². The third-order valence-corrected chi connectivity index (χ3v) is 4.76. The molecule has 1 fully saturated rings. The molecular weight excluding hydrogens is 260 g/mol. The Labute approximate surface area is 127 Å². The van der Waals surface area contributed by atoms with Crippen LogP contribution in [-0.4, -0.2) is 36.9 Å². The van der Waals surface area contributed by atoms with Gasteiger partial charge < -0.3 is 10.2 Å². The lowest BCUT2D eigenvalue weighted by Crippen LogP contribution is -2.35. The molecule has 1 aromatic carbocycles. The predicted octanol–water partition coefficient (Wildman–Crippen LogP) is 3.35. The van der Waals surface area contributed by atoms with E-state index < -0.39 is 0 Å². The fourth-order valence-electron chi connectivity index (χ4n) is 3.54. The van der Waals surface area contributed by atoms with Crippen LogP contribution < -0.4 is 5.32 Å². The average Bonchev–Trinajstić information content (AvgIpc) is 2.52. The van der Waals surface area contributed by atoms with Gasteiger partial charge in [0.25, 0.3) is 0 Å². The molecule has 3 heteroatoms. The Kier molecular flexibility index (Phi) is 4.59. The van der Waals surface area contributed by atoms with Gasteiger partial charge >= 0.3 is 0 Å². The van der Waals surface area contributed by atoms with Crippen molar-refractivity contribution < 1.29 is 4.79 Å². The van der Waals surface area contributed by atoms with E-state index in [1.54, 1.807) is 0 Å². The maximum atomic E-state index is 12.4. The number of carbonyl (C=O) groups is 1. The molecule has 0 spiro atoms. The fraction of sp³-hybridized carbons (Fsp3) is 0.611. The minimum atomic E-state index is 0.293. The standard InChI is InChI=1S/C18H26N2O/c1-14-4-3-10-20(13-14)11-8-18(21)16-6-7-17-15(12-16)5-2-9-19-17/h6-7,12,14,19H,2-5,8-11,13H2,1H3. The number of likely N-dealkylation sites (tertiary alicyclic amines) is 1. The van der Waals surface area contributed by atoms with E-state index in [4.69, 9.17) is 0 Å². The molecule has 0 aromatic heterocycles. The van der Waals surface area contributed by atoms with E-state index in [-0.39, 0.29) is 0 Å². The van der Waals surface area contributed by atoms with Crippen LogP contribution in [0.4, 0.5) is 5.69 Å². The van der Waals surface area contributed by atoms with Crippen molar-refractivity contribution >= 4 is 11.5 Å². The molecule has 1 N–H and O–H groups in total. The summed E-state index contributed by atoms with van der Waals surface area (Å²) in [6.07, 6.45) is 5.52. The summed E-state index contributed by atoms with van der Waals surface area (Å²) in [6, 6.07) is 6.16. The zero-order valence-corrected chi connectivity index (χ0v) is 13.0. The molecule has 0 saturated carbocycles. The Morgan fingerprint density at radius 2 is 2.29 bits per heavy atom. The van der Waals surface area contributed by atoms with Gasteiger partial charge in [-0.3, -0.25) is 4.79 Å². The molecule has 114 valence electrons. The topological polar surface area (TPSA) is 32.3 Å². The molecular formula is C18H26N2O. The van der Waals surface area contributed by atoms with E-state index in [0.717, 1.165) is 50.5 Å². The third kappa shape index (κ3) is 3.65. The van der Waals surface area contributed by atoms with Crippen molar-refractivity contribution in [2.75, 3.05) is 31.5 Å². The van der Waals surface area contributed by atoms with Gasteiger partial charge in [-0.25, -0.2) is 0 Å². The Morgan fingerprint density at radius 1 is 1.38 bits per heavy atom. The molecule has 3 nitrogen and oxygen atoms in total. The van der Waals surface area contributed by atoms with Crippen LogP contribution in [-0.2, 0) is 6.42 Å². The van der Waals surface area contributed by atoms with Crippen molar-refractivity contribution in [3.05, 3.63) is 29.3 Å². The molecule has 0 amide bonds. The summed E-state index contributed by atoms with van der Waals surface area (Å²) in [5, 5.41) is 3.40. The van der Waals surface area contributed by atoms with Crippen LogP contribution in [0.25, 0.3) is 0 Å². The Bertz CT molecular complexity index is 512. The van der Waals surface area contributed by atoms with Crippen molar-refractivity contribution in [2.24, 2.45) is 5.92 Å². The molecule has 2 aliphatic heterocycles. The van der Waals surface area contributed by atoms with Gasteiger partial charge in [0.05, 0.1) is 0 Å². The van der Waals surface area contributed by atoms with Gasteiger partial charge in [-0.1, -0.05) is 6.92 Å². The van der Waals surface area contributed by atoms with Crippen LogP contribution in [0.3, 0.4) is 0 Å². The second kappa shape index (κ2) is 6.61. The fourth-order valence-corrected chi connectivity index (χ4v) is 3.54. The number of carbonyl (C=O) groups excluding carboxylic acids is 1. The van der Waals surface area contributed by atoms with Gasteiger partial charge in [0, 0.05) is 37.3 Å². The molecule has 1 unspecified atom stereocenters. The van der Waals surface area contributed by atoms with E-state index >= 15 is 0 Å². The predicted molar refractivity (Wildman–Crippen MR) is 87.0 cm³/mol. The molecule has 2 aliphatic rings. The summed E-state index contributed by atoms with van der Waals surface area (Å²) < 4.78 is 0. The smallest absolute Gasteiger partial charge is 0.164 e. The lowest BCUT2D eigenvalue weighted by atomic mass is 9.97. The van der Waals surface area contributed by atoms with Crippen molar-refractivity contribution in [3.8, 4) is 0 Å². The lowest BCUT2D eigenvalue weighted by molar-refractivity contribution is 0.0949. The van der Waals surface area contributed by atoms with Crippen molar-refractivity contribution in [2.45, 2.75) is 39.0 Å². The highest BCUT2D eigenvalue weighted by atomic mass is 16.1. The first-order chi connectivity index (χ1) is 10.2. The van der Waals surface area contributed by atoms with Crippen LogP contribution in [0.2, 0.25) is 0 Å². The number of rotatable bonds is 4. The number of aryl methyl sites for hydroxylation is 1. The second-order valence-electron chi connectivity index (χ2n) is 6.62. The summed E-state index contributed by atoms with van der Waals surface area (Å²) in [6.45, 7) is 6.59. The number of hydrogen-bond donors (Lipinski definition) is 1. The Hall–Kier alpha value is -1.35. The molecule has 1 atom stereocenters. The molecule has 0 radical (unpaired) electrons. The van der Waals surface area contributed by atoms with Gasteiger partial charge in [-0.05, 0) is 61.9 Å². The number of nitrogens with one attached hydrogen (secondary N) is 1. The first kappa shape index (κ1) is 14.6. The molecule has 21 heavy (non-hydrogen) atoms. The average molecular weight is 286 g/mol. The summed E-state index contributed by atoms with van der Waals surface area (Å²) in [7, 11) is 0. The van der Waals surface area contributed by atoms with Gasteiger partial charge in [0.2, 0.25) is 0 Å². The zero-order valence-electron chi connectivity index (χ0n) is 13.0. The highest BCUT2D eigenvalue weighted by Crippen LogP contribution is 2.23. The molecule has 0 aliphatic carbocycles. The summed E-state index contributed by atoms with van der Waals surface area (Å²) in [5.41, 5.74) is 3.41. The minimum absolute atomic E-state index is 0.293. The SMILES string of the molecule is CC1CCCN(CCC(=O)c2ccc3c(c2)CCCN3)C1. The Balaban J connectivity index is 1.57. The van der Waals surface area contributed by atoms with Crippen molar-refractivity contribution in [1.29, 1.82) is 0 Å². The quantitative estimate of drug-likeness (QED) is 0.862. The number of anilines is 1. The largest absolute Gasteiger partial charge is 0.385 e. The van der Waals surface area contributed by atoms with E-state index in [2.05, 4.69) is 29.3 Å². The first-order valence-corrected chi connectivity index (χ1v) is 8.35. The van der Waals surface area contributed by atoms with Gasteiger partial charge in [-0.2, -0.15) is 0 Å². The summed E-state index contributed by atoms with van der Waals surface area (Å²) in [4.78, 5) is 14.9. The maximum absolute atomic E-state index is 12.4. The normalized spacial score (nSPS) is 22.4. The van der Waals surface area contributed by atoms with E-state index in [0.29, 0.717) is 12.2 Å². The van der Waals surface area contributed by atoms with Gasteiger partial charge in [0.1, 0.15) is 0 Å². The maximum Gasteiger partial charge on any atom is 0.164 e. The Morgan fingerprint density at radius 3 is 3.14 bits per heavy atom. The third-order valence-electron chi connectivity index (χ3n) is 4.76. The van der Waals surface area contributed by atoms with Crippen LogP contribution in [0.1, 0.15) is 48.5 Å². The summed E-state index contributed by atoms with van der Waals surface area (Å²) in [5.74, 6) is 1.07. The highest BCUT2D eigenvalue weighted by Gasteiger charge is 2.18. The second-order valence-corrected chi connectivity index (χ2v) is 6.62. The number of Topliss-reactive ketones (excluding diaryl/α,β-unsaturated/α-hetero) is 1. The van der Waals surface area contributed by atoms with Crippen LogP contribution in [0.15, 0.2) is 18.2 Å². The lowest BCUT2D eigenvalue weighted by Gasteiger charge is -2.30. The monoisotopic (exact) mass is 286 g/mol.